The highest BCUT2D eigenvalue weighted by molar-refractivity contribution is 5.90. The Labute approximate surface area is 524 Å². The van der Waals surface area contributed by atoms with Gasteiger partial charge >= 0.3 is 0 Å². The molecule has 0 aromatic carbocycles. The molecule has 4 atom stereocenters. The molecule has 0 rings (SSSR count). The molecular weight excluding hydrogens is 1150 g/mol. The molecule has 0 saturated heterocycles. The lowest BCUT2D eigenvalue weighted by Crippen LogP contribution is -2.54. The maximum Gasteiger partial charge on any atom is 0.242 e. The predicted molar refractivity (Wildman–Crippen MR) is 333 cm³/mol. The zero-order valence-corrected chi connectivity index (χ0v) is 53.2. The molecule has 30 nitrogen and oxygen atoms in total. The second-order valence-corrected chi connectivity index (χ2v) is 20.5. The van der Waals surface area contributed by atoms with Crippen molar-refractivity contribution < 1.29 is 80.9 Å². The van der Waals surface area contributed by atoms with E-state index < -0.39 is 24.2 Å². The lowest BCUT2D eigenvalue weighted by molar-refractivity contribution is -0.130. The Bertz CT molecular complexity index is 1640. The molecule has 0 aliphatic heterocycles. The van der Waals surface area contributed by atoms with Crippen LogP contribution in [0.2, 0.25) is 0 Å². The Morgan fingerprint density at radius 3 is 0.852 bits per heavy atom. The normalized spacial score (nSPS) is 12.8. The van der Waals surface area contributed by atoms with Crippen molar-refractivity contribution in [2.45, 2.75) is 140 Å². The summed E-state index contributed by atoms with van der Waals surface area (Å²) in [7, 11) is 0. The van der Waals surface area contributed by atoms with Crippen LogP contribution in [0.25, 0.3) is 0 Å². The van der Waals surface area contributed by atoms with Crippen LogP contribution in [0.3, 0.4) is 0 Å². The van der Waals surface area contributed by atoms with E-state index in [9.17, 15) is 28.8 Å². The van der Waals surface area contributed by atoms with Crippen LogP contribution in [-0.4, -0.2) is 257 Å². The molecule has 0 unspecified atom stereocenters. The van der Waals surface area contributed by atoms with Gasteiger partial charge in [0.2, 0.25) is 35.4 Å². The van der Waals surface area contributed by atoms with E-state index in [1.165, 1.54) is 0 Å². The maximum atomic E-state index is 12.9. The molecule has 0 saturated carbocycles. The molecule has 19 N–H and O–H groups in total. The minimum atomic E-state index is -0.683. The lowest BCUT2D eigenvalue weighted by Gasteiger charge is -2.22. The fourth-order valence-electron chi connectivity index (χ4n) is 7.89. The van der Waals surface area contributed by atoms with E-state index in [-0.39, 0.29) is 48.3 Å². The van der Waals surface area contributed by atoms with Crippen molar-refractivity contribution in [1.82, 2.24) is 37.3 Å². The van der Waals surface area contributed by atoms with Crippen molar-refractivity contribution in [3.8, 4) is 0 Å². The summed E-state index contributed by atoms with van der Waals surface area (Å²) in [5.41, 5.74) is 30.8. The largest absolute Gasteiger partial charge is 0.379 e. The Morgan fingerprint density at radius 2 is 0.545 bits per heavy atom. The number of hydrazine groups is 1. The van der Waals surface area contributed by atoms with E-state index in [0.29, 0.717) is 262 Å². The first kappa shape index (κ1) is 84.1. The van der Waals surface area contributed by atoms with Crippen LogP contribution in [0, 0.1) is 0 Å². The van der Waals surface area contributed by atoms with Crippen molar-refractivity contribution in [3.63, 3.8) is 0 Å². The van der Waals surface area contributed by atoms with E-state index in [1.54, 1.807) is 0 Å². The van der Waals surface area contributed by atoms with Gasteiger partial charge in [-0.2, -0.15) is 0 Å². The molecule has 0 aliphatic carbocycles. The van der Waals surface area contributed by atoms with Gasteiger partial charge in [-0.1, -0.05) is 12.8 Å². The summed E-state index contributed by atoms with van der Waals surface area (Å²) in [6.07, 6.45) is 11.0. The second kappa shape index (κ2) is 66.0. The summed E-state index contributed by atoms with van der Waals surface area (Å²) in [6, 6.07) is -2.64. The maximum absolute atomic E-state index is 12.9. The van der Waals surface area contributed by atoms with Gasteiger partial charge in [-0.25, -0.2) is 5.43 Å². The number of nitrogens with two attached hydrogens (primary N) is 6. The molecule has 0 aliphatic rings. The summed E-state index contributed by atoms with van der Waals surface area (Å²) in [6.45, 7) is 12.8. The Kier molecular flexibility index (Phi) is 63.1. The van der Waals surface area contributed by atoms with Crippen LogP contribution < -0.4 is 71.8 Å². The van der Waals surface area contributed by atoms with Crippen LogP contribution in [0.15, 0.2) is 0 Å². The van der Waals surface area contributed by atoms with Crippen LogP contribution in [0.1, 0.15) is 116 Å². The summed E-state index contributed by atoms with van der Waals surface area (Å²) in [5.74, 6) is 4.22. The average molecular weight is 1270 g/mol. The van der Waals surface area contributed by atoms with Crippen LogP contribution in [0.4, 0.5) is 0 Å². The molecule has 0 aromatic heterocycles. The molecule has 0 heterocycles. The van der Waals surface area contributed by atoms with E-state index in [4.69, 9.17) is 86.6 Å². The Balaban J connectivity index is 3.55. The van der Waals surface area contributed by atoms with Gasteiger partial charge in [0.1, 0.15) is 12.1 Å². The van der Waals surface area contributed by atoms with Gasteiger partial charge in [0.15, 0.2) is 0 Å². The first-order valence-corrected chi connectivity index (χ1v) is 32.1. The number of hydrogen-bond acceptors (Lipinski definition) is 24. The lowest BCUT2D eigenvalue weighted by atomic mass is 10.1. The fraction of sp³-hybridized carbons (Fsp3) is 0.897. The minimum Gasteiger partial charge on any atom is -0.379 e. The number of amides is 6. The molecule has 0 bridgehead atoms. The van der Waals surface area contributed by atoms with Gasteiger partial charge in [0.25, 0.3) is 0 Å². The summed E-state index contributed by atoms with van der Waals surface area (Å²) in [5, 5.41) is 17.1. The highest BCUT2D eigenvalue weighted by Gasteiger charge is 2.25. The Morgan fingerprint density at radius 1 is 0.284 bits per heavy atom. The molecular formula is C58H119N13O17. The third kappa shape index (κ3) is 56.1. The van der Waals surface area contributed by atoms with E-state index >= 15 is 0 Å². The quantitative estimate of drug-likeness (QED) is 0.0172. The third-order valence-electron chi connectivity index (χ3n) is 13.0. The molecule has 518 valence electrons. The molecule has 6 amide bonds. The SMILES string of the molecule is NCCCC[C@H](NN)C(=O)N[C@@H](CCCCN)C(=O)NCCCOCCOCCOCCCNC(=O)CCOCCOCCOCCOCCOCCC(=O)NCCCOCCOCCOCCCNC(=O)[C@H](CCCCN)NC(=O)[C@@H](N)CCCCN. The summed E-state index contributed by atoms with van der Waals surface area (Å²) in [4.78, 5) is 75.1. The zero-order chi connectivity index (χ0) is 64.4. The van der Waals surface area contributed by atoms with Crippen LogP contribution in [-0.2, 0) is 80.9 Å². The third-order valence-corrected chi connectivity index (χ3v) is 13.0. The first-order valence-electron chi connectivity index (χ1n) is 32.1. The van der Waals surface area contributed by atoms with Gasteiger partial charge in [0, 0.05) is 65.4 Å². The van der Waals surface area contributed by atoms with Gasteiger partial charge < -0.3 is 113 Å². The number of carbonyl (C=O) groups is 6. The zero-order valence-electron chi connectivity index (χ0n) is 53.2. The van der Waals surface area contributed by atoms with Gasteiger partial charge in [-0.3, -0.25) is 34.6 Å². The van der Waals surface area contributed by atoms with Crippen LogP contribution in [0.5, 0.6) is 0 Å². The van der Waals surface area contributed by atoms with E-state index in [0.717, 1.165) is 38.5 Å². The number of rotatable bonds is 69. The topological polar surface area (TPSA) is 444 Å². The number of hydrogen-bond donors (Lipinski definition) is 13. The molecule has 0 fully saturated rings. The van der Waals surface area contributed by atoms with Crippen molar-refractivity contribution in [1.29, 1.82) is 0 Å². The van der Waals surface area contributed by atoms with E-state index in [1.807, 2.05) is 0 Å². The first-order chi connectivity index (χ1) is 43.0. The number of nitrogens with one attached hydrogen (secondary N) is 7. The molecule has 0 aromatic rings. The van der Waals surface area contributed by atoms with Crippen LogP contribution >= 0.6 is 0 Å². The van der Waals surface area contributed by atoms with Crippen molar-refractivity contribution >= 4 is 35.4 Å². The highest BCUT2D eigenvalue weighted by Crippen LogP contribution is 2.07. The van der Waals surface area contributed by atoms with Gasteiger partial charge in [-0.05, 0) is 116 Å². The second-order valence-electron chi connectivity index (χ2n) is 20.5. The number of unbranched alkanes of at least 4 members (excludes halogenated alkanes) is 4. The molecule has 0 radical (unpaired) electrons. The van der Waals surface area contributed by atoms with Crippen molar-refractivity contribution in [2.75, 3.05) is 198 Å². The summed E-state index contributed by atoms with van der Waals surface area (Å²) >= 11 is 0. The highest BCUT2D eigenvalue weighted by atomic mass is 16.6. The van der Waals surface area contributed by atoms with E-state index in [2.05, 4.69) is 37.3 Å². The van der Waals surface area contributed by atoms with Crippen molar-refractivity contribution in [3.05, 3.63) is 0 Å². The molecule has 88 heavy (non-hydrogen) atoms. The standard InChI is InChI=1S/C58H119N13O17/c59-19-5-1-13-49(63)55(74)69-50(14-2-6-20-60)56(75)67-25-11-29-80-35-41-84-39-33-78-27-9-23-65-53(72)17-31-82-37-43-86-45-47-88-48-46-87-44-38-83-32-18-54(73)66-24-10-28-79-34-40-85-42-36-81-30-12-26-68-57(76)51(15-3-7-21-61)70-58(77)52(71-64)16-4-8-22-62/h49-52,71H,1-48,59-64H2,(H,65,72)(H,66,73)(H,67,75)(H,68,76)(H,69,74)(H,70,77)/t49-,50-,51-,52-/m0/s1. The summed E-state index contributed by atoms with van der Waals surface area (Å²) < 4.78 is 60.9. The predicted octanol–water partition coefficient (Wildman–Crippen LogP) is -2.38. The van der Waals surface area contributed by atoms with Crippen molar-refractivity contribution in [2.24, 2.45) is 34.5 Å². The minimum absolute atomic E-state index is 0.0961. The Hall–Kier alpha value is -3.90. The molecule has 0 spiro atoms. The smallest absolute Gasteiger partial charge is 0.242 e. The van der Waals surface area contributed by atoms with Gasteiger partial charge in [-0.15, -0.1) is 0 Å². The number of carbonyl (C=O) groups excluding carboxylic acids is 6. The number of ether oxygens (including phenoxy) is 11. The van der Waals surface area contributed by atoms with Gasteiger partial charge in [0.05, 0.1) is 131 Å². The molecule has 30 heteroatoms. The monoisotopic (exact) mass is 1270 g/mol. The average Bonchev–Trinajstić information content (AvgIpc) is 3.66. The fourth-order valence-corrected chi connectivity index (χ4v) is 7.89.